The standard InChI is InChI=1S/C14H13F9O3S2/c1-2-3-8-27-10-6-4-9(5-7-10)26-28(24,25)14(22,23)12(17,18)11(15,16)13(19,20)21/h4-7H,2-3,8H2,1H3. The van der Waals surface area contributed by atoms with Gasteiger partial charge in [-0.15, -0.1) is 11.8 Å². The van der Waals surface area contributed by atoms with Crippen LogP contribution in [0.25, 0.3) is 0 Å². The van der Waals surface area contributed by atoms with Crippen molar-refractivity contribution in [2.75, 3.05) is 5.75 Å². The smallest absolute Gasteiger partial charge is 0.378 e. The van der Waals surface area contributed by atoms with Crippen LogP contribution in [-0.2, 0) is 10.1 Å². The molecule has 0 N–H and O–H groups in total. The molecule has 14 heteroatoms. The summed E-state index contributed by atoms with van der Waals surface area (Å²) in [7, 11) is -6.92. The van der Waals surface area contributed by atoms with Gasteiger partial charge in [0.1, 0.15) is 5.75 Å². The second-order valence-electron chi connectivity index (χ2n) is 5.37. The summed E-state index contributed by atoms with van der Waals surface area (Å²) in [5, 5.41) is -6.88. The lowest BCUT2D eigenvalue weighted by atomic mass is 10.1. The van der Waals surface area contributed by atoms with E-state index in [-0.39, 0.29) is 0 Å². The van der Waals surface area contributed by atoms with Crippen molar-refractivity contribution < 1.29 is 52.1 Å². The molecule has 0 atom stereocenters. The molecule has 0 aliphatic carbocycles. The van der Waals surface area contributed by atoms with Crippen LogP contribution in [0.2, 0.25) is 0 Å². The van der Waals surface area contributed by atoms with Crippen LogP contribution in [0.5, 0.6) is 5.75 Å². The Labute approximate surface area is 158 Å². The zero-order valence-corrected chi connectivity index (χ0v) is 15.5. The van der Waals surface area contributed by atoms with Gasteiger partial charge in [-0.05, 0) is 36.4 Å². The minimum Gasteiger partial charge on any atom is -0.378 e. The molecular weight excluding hydrogens is 451 g/mol. The van der Waals surface area contributed by atoms with Crippen LogP contribution in [-0.4, -0.2) is 37.4 Å². The van der Waals surface area contributed by atoms with Crippen molar-refractivity contribution in [3.63, 3.8) is 0 Å². The van der Waals surface area contributed by atoms with E-state index in [0.717, 1.165) is 25.0 Å². The quantitative estimate of drug-likeness (QED) is 0.203. The number of unbranched alkanes of at least 4 members (excludes halogenated alkanes) is 1. The van der Waals surface area contributed by atoms with Crippen LogP contribution in [0.3, 0.4) is 0 Å². The zero-order chi connectivity index (χ0) is 22.0. The highest BCUT2D eigenvalue weighted by molar-refractivity contribution is 7.99. The fourth-order valence-electron chi connectivity index (χ4n) is 1.62. The molecule has 0 amide bonds. The third-order valence-electron chi connectivity index (χ3n) is 3.23. The maximum Gasteiger partial charge on any atom is 0.460 e. The van der Waals surface area contributed by atoms with Crippen molar-refractivity contribution in [1.82, 2.24) is 0 Å². The Balaban J connectivity index is 3.11. The van der Waals surface area contributed by atoms with Crippen molar-refractivity contribution in [1.29, 1.82) is 0 Å². The van der Waals surface area contributed by atoms with Gasteiger partial charge in [-0.1, -0.05) is 13.3 Å². The number of hydrogen-bond acceptors (Lipinski definition) is 4. The number of benzene rings is 1. The Morgan fingerprint density at radius 1 is 0.893 bits per heavy atom. The molecule has 0 saturated heterocycles. The number of halogens is 9. The summed E-state index contributed by atoms with van der Waals surface area (Å²) in [6.45, 7) is 1.92. The van der Waals surface area contributed by atoms with Crippen molar-refractivity contribution in [2.24, 2.45) is 0 Å². The largest absolute Gasteiger partial charge is 0.460 e. The molecule has 0 unspecified atom stereocenters. The molecule has 0 fully saturated rings. The highest BCUT2D eigenvalue weighted by Crippen LogP contribution is 2.54. The van der Waals surface area contributed by atoms with E-state index in [2.05, 4.69) is 4.18 Å². The van der Waals surface area contributed by atoms with Crippen molar-refractivity contribution in [3.8, 4) is 5.75 Å². The highest BCUT2D eigenvalue weighted by atomic mass is 32.2. The van der Waals surface area contributed by atoms with Gasteiger partial charge in [0.05, 0.1) is 0 Å². The molecule has 1 aromatic carbocycles. The average molecular weight is 464 g/mol. The minimum atomic E-state index is -7.33. The Morgan fingerprint density at radius 3 is 1.82 bits per heavy atom. The van der Waals surface area contributed by atoms with Gasteiger partial charge in [-0.2, -0.15) is 47.9 Å². The summed E-state index contributed by atoms with van der Waals surface area (Å²) in [6.07, 6.45) is -5.43. The van der Waals surface area contributed by atoms with Crippen molar-refractivity contribution in [3.05, 3.63) is 24.3 Å². The number of thioether (sulfide) groups is 1. The fraction of sp³-hybridized carbons (Fsp3) is 0.571. The van der Waals surface area contributed by atoms with E-state index in [4.69, 9.17) is 0 Å². The van der Waals surface area contributed by atoms with Gasteiger partial charge in [0, 0.05) is 4.90 Å². The first-order chi connectivity index (χ1) is 12.5. The van der Waals surface area contributed by atoms with Crippen molar-refractivity contribution in [2.45, 2.75) is 47.9 Å². The second kappa shape index (κ2) is 8.20. The Kier molecular flexibility index (Phi) is 7.25. The van der Waals surface area contributed by atoms with Gasteiger partial charge in [-0.3, -0.25) is 0 Å². The molecule has 1 aromatic rings. The van der Waals surface area contributed by atoms with Crippen LogP contribution in [0, 0.1) is 0 Å². The molecule has 3 nitrogen and oxygen atoms in total. The molecular formula is C14H13F9O3S2. The predicted octanol–water partition coefficient (Wildman–Crippen LogP) is 5.71. The van der Waals surface area contributed by atoms with E-state index >= 15 is 0 Å². The summed E-state index contributed by atoms with van der Waals surface area (Å²) in [5.74, 6) is -15.0. The summed E-state index contributed by atoms with van der Waals surface area (Å²) >= 11 is 1.29. The molecule has 0 radical (unpaired) electrons. The minimum absolute atomic E-state index is 0.527. The van der Waals surface area contributed by atoms with Crippen LogP contribution in [0.15, 0.2) is 29.2 Å². The first-order valence-corrected chi connectivity index (χ1v) is 9.77. The molecule has 0 aromatic heterocycles. The van der Waals surface area contributed by atoms with Gasteiger partial charge < -0.3 is 4.18 Å². The third-order valence-corrected chi connectivity index (χ3v) is 5.62. The Bertz CT molecular complexity index is 759. The first-order valence-electron chi connectivity index (χ1n) is 7.38. The average Bonchev–Trinajstić information content (AvgIpc) is 2.55. The fourth-order valence-corrected chi connectivity index (χ4v) is 3.53. The lowest BCUT2D eigenvalue weighted by Gasteiger charge is -2.32. The van der Waals surface area contributed by atoms with Crippen LogP contribution in [0.1, 0.15) is 19.8 Å². The molecule has 0 saturated carbocycles. The molecule has 162 valence electrons. The molecule has 0 bridgehead atoms. The Hall–Kier alpha value is -1.31. The van der Waals surface area contributed by atoms with E-state index < -0.39 is 39.1 Å². The molecule has 0 aliphatic rings. The van der Waals surface area contributed by atoms with Gasteiger partial charge in [0.25, 0.3) is 0 Å². The van der Waals surface area contributed by atoms with Gasteiger partial charge in [-0.25, -0.2) is 0 Å². The first kappa shape index (κ1) is 24.7. The predicted molar refractivity (Wildman–Crippen MR) is 82.5 cm³/mol. The van der Waals surface area contributed by atoms with E-state index in [1.165, 1.54) is 23.9 Å². The monoisotopic (exact) mass is 464 g/mol. The number of alkyl halides is 9. The SMILES string of the molecule is CCCCSc1ccc(OS(=O)(=O)C(F)(F)C(F)(F)C(F)(F)C(F)(F)F)cc1. The topological polar surface area (TPSA) is 43.4 Å². The second-order valence-corrected chi connectivity index (χ2v) is 8.13. The normalized spacial score (nSPS) is 14.2. The number of rotatable bonds is 9. The summed E-state index contributed by atoms with van der Waals surface area (Å²) < 4.78 is 142. The van der Waals surface area contributed by atoms with Crippen molar-refractivity contribution >= 4 is 21.9 Å². The van der Waals surface area contributed by atoms with E-state index in [1.54, 1.807) is 0 Å². The van der Waals surface area contributed by atoms with Crippen LogP contribution < -0.4 is 4.18 Å². The summed E-state index contributed by atoms with van der Waals surface area (Å²) in [6, 6.07) is 3.88. The van der Waals surface area contributed by atoms with Gasteiger partial charge >= 0.3 is 33.4 Å². The third kappa shape index (κ3) is 4.63. The zero-order valence-electron chi connectivity index (χ0n) is 13.9. The molecule has 1 rings (SSSR count). The van der Waals surface area contributed by atoms with Gasteiger partial charge in [0.15, 0.2) is 0 Å². The maximum atomic E-state index is 13.5. The molecule has 0 spiro atoms. The number of hydrogen-bond donors (Lipinski definition) is 0. The van der Waals surface area contributed by atoms with Crippen LogP contribution >= 0.6 is 11.8 Å². The lowest BCUT2D eigenvalue weighted by Crippen LogP contribution is -2.63. The summed E-state index contributed by atoms with van der Waals surface area (Å²) in [5.41, 5.74) is 0. The van der Waals surface area contributed by atoms with E-state index in [9.17, 15) is 47.9 Å². The molecule has 0 heterocycles. The van der Waals surface area contributed by atoms with Crippen LogP contribution in [0.4, 0.5) is 39.5 Å². The molecule has 28 heavy (non-hydrogen) atoms. The Morgan fingerprint density at radius 2 is 1.39 bits per heavy atom. The highest BCUT2D eigenvalue weighted by Gasteiger charge is 2.86. The molecule has 0 aliphatic heterocycles. The maximum absolute atomic E-state index is 13.5. The van der Waals surface area contributed by atoms with Gasteiger partial charge in [0.2, 0.25) is 0 Å². The van der Waals surface area contributed by atoms with E-state index in [1.807, 2.05) is 6.92 Å². The summed E-state index contributed by atoms with van der Waals surface area (Å²) in [4.78, 5) is 0.527. The lowest BCUT2D eigenvalue weighted by molar-refractivity contribution is -0.382. The van der Waals surface area contributed by atoms with E-state index in [0.29, 0.717) is 10.6 Å².